The second kappa shape index (κ2) is 10.1. The van der Waals surface area contributed by atoms with E-state index in [0.29, 0.717) is 36.9 Å². The van der Waals surface area contributed by atoms with Crippen LogP contribution in [0.25, 0.3) is 11.4 Å². The Labute approximate surface area is 204 Å². The fourth-order valence-electron chi connectivity index (χ4n) is 4.70. The van der Waals surface area contributed by atoms with Gasteiger partial charge < -0.3 is 15.1 Å². The molecule has 1 aromatic heterocycles. The third-order valence-electron chi connectivity index (χ3n) is 6.61. The maximum Gasteiger partial charge on any atom is 0.245 e. The highest BCUT2D eigenvalue weighted by Crippen LogP contribution is 2.32. The Morgan fingerprint density at radius 1 is 1.18 bits per heavy atom. The minimum Gasteiger partial charge on any atom is -0.352 e. The third kappa shape index (κ3) is 5.06. The number of aromatic nitrogens is 2. The summed E-state index contributed by atoms with van der Waals surface area (Å²) in [7, 11) is 0. The largest absolute Gasteiger partial charge is 0.352 e. The average Bonchev–Trinajstić information content (AvgIpc) is 3.31. The van der Waals surface area contributed by atoms with Gasteiger partial charge in [0.15, 0.2) is 5.82 Å². The van der Waals surface area contributed by atoms with Gasteiger partial charge in [-0.25, -0.2) is 9.97 Å². The Balaban J connectivity index is 1.37. The number of piperazine rings is 1. The summed E-state index contributed by atoms with van der Waals surface area (Å²) < 4.78 is 0. The van der Waals surface area contributed by atoms with Crippen molar-refractivity contribution in [1.29, 1.82) is 0 Å². The molecule has 2 aliphatic heterocycles. The van der Waals surface area contributed by atoms with Crippen molar-refractivity contribution in [2.24, 2.45) is 0 Å². The number of benzene rings is 1. The van der Waals surface area contributed by atoms with Crippen molar-refractivity contribution >= 4 is 29.3 Å². The van der Waals surface area contributed by atoms with E-state index in [9.17, 15) is 14.4 Å². The summed E-state index contributed by atoms with van der Waals surface area (Å²) in [4.78, 5) is 50.5. The zero-order chi connectivity index (χ0) is 24.3. The minimum absolute atomic E-state index is 0.0221. The second-order valence-electron chi connectivity index (χ2n) is 9.27. The van der Waals surface area contributed by atoms with Crippen molar-refractivity contribution in [3.8, 4) is 11.4 Å². The van der Waals surface area contributed by atoms with Crippen LogP contribution in [0.15, 0.2) is 36.5 Å². The summed E-state index contributed by atoms with van der Waals surface area (Å²) in [6.07, 6.45) is 4.44. The number of halogens is 1. The highest BCUT2D eigenvalue weighted by Gasteiger charge is 2.40. The molecule has 0 unspecified atom stereocenters. The predicted molar refractivity (Wildman–Crippen MR) is 129 cm³/mol. The Hall–Kier alpha value is -3.00. The predicted octanol–water partition coefficient (Wildman–Crippen LogP) is 3.37. The monoisotopic (exact) mass is 483 g/mol. The van der Waals surface area contributed by atoms with E-state index in [-0.39, 0.29) is 36.6 Å². The normalized spacial score (nSPS) is 19.7. The number of nitrogens with one attached hydrogen (secondary N) is 1. The molecule has 2 aromatic rings. The number of likely N-dealkylation sites (tertiary alicyclic amines) is 1. The lowest BCUT2D eigenvalue weighted by Gasteiger charge is -2.41. The van der Waals surface area contributed by atoms with Crippen LogP contribution in [0.4, 0.5) is 0 Å². The van der Waals surface area contributed by atoms with Gasteiger partial charge in [0.2, 0.25) is 17.7 Å². The average molecular weight is 484 g/mol. The van der Waals surface area contributed by atoms with Crippen LogP contribution in [-0.2, 0) is 14.4 Å². The van der Waals surface area contributed by atoms with Crippen LogP contribution in [0.1, 0.15) is 57.7 Å². The van der Waals surface area contributed by atoms with Gasteiger partial charge in [-0.15, -0.1) is 0 Å². The number of carbonyl (C=O) groups excluding carboxylic acids is 3. The molecule has 2 saturated heterocycles. The fraction of sp³-hybridized carbons (Fsp3) is 0.480. The van der Waals surface area contributed by atoms with Crippen LogP contribution in [0.5, 0.6) is 0 Å². The number of hydrogen-bond acceptors (Lipinski definition) is 5. The van der Waals surface area contributed by atoms with Crippen LogP contribution < -0.4 is 5.32 Å². The van der Waals surface area contributed by atoms with Gasteiger partial charge in [-0.3, -0.25) is 14.4 Å². The summed E-state index contributed by atoms with van der Waals surface area (Å²) >= 11 is 6.11. The first-order chi connectivity index (χ1) is 16.3. The molecule has 9 heteroatoms. The number of rotatable bonds is 6. The van der Waals surface area contributed by atoms with Gasteiger partial charge in [0, 0.05) is 49.3 Å². The highest BCUT2D eigenvalue weighted by atomic mass is 35.5. The molecule has 180 valence electrons. The van der Waals surface area contributed by atoms with Gasteiger partial charge >= 0.3 is 0 Å². The molecule has 1 aromatic carbocycles. The molecule has 4 rings (SSSR count). The second-order valence-corrected chi connectivity index (χ2v) is 9.71. The lowest BCUT2D eigenvalue weighted by Crippen LogP contribution is -2.63. The van der Waals surface area contributed by atoms with Gasteiger partial charge in [0.25, 0.3) is 0 Å². The molecular formula is C25H30ClN5O3. The van der Waals surface area contributed by atoms with E-state index < -0.39 is 5.54 Å². The third-order valence-corrected chi connectivity index (χ3v) is 6.84. The van der Waals surface area contributed by atoms with Crippen molar-refractivity contribution < 1.29 is 14.4 Å². The summed E-state index contributed by atoms with van der Waals surface area (Å²) in [6, 6.07) is 9.15. The molecule has 0 saturated carbocycles. The van der Waals surface area contributed by atoms with Crippen LogP contribution in [0.2, 0.25) is 5.02 Å². The van der Waals surface area contributed by atoms with Gasteiger partial charge in [-0.1, -0.05) is 23.7 Å². The molecule has 34 heavy (non-hydrogen) atoms. The quantitative estimate of drug-likeness (QED) is 0.679. The van der Waals surface area contributed by atoms with E-state index in [1.807, 2.05) is 29.2 Å². The zero-order valence-corrected chi connectivity index (χ0v) is 20.3. The molecule has 8 nitrogen and oxygen atoms in total. The lowest BCUT2D eigenvalue weighted by atomic mass is 9.98. The van der Waals surface area contributed by atoms with Crippen LogP contribution >= 0.6 is 11.6 Å². The van der Waals surface area contributed by atoms with Crippen molar-refractivity contribution in [3.63, 3.8) is 0 Å². The Bertz CT molecular complexity index is 1090. The van der Waals surface area contributed by atoms with Gasteiger partial charge in [-0.05, 0) is 51.3 Å². The van der Waals surface area contributed by atoms with Crippen molar-refractivity contribution in [2.45, 2.75) is 57.5 Å². The molecule has 2 fully saturated rings. The van der Waals surface area contributed by atoms with Gasteiger partial charge in [0.1, 0.15) is 5.54 Å². The standard InChI is InChI=1S/C25H30ClN5O3/c1-25(2)24(34)28-13-15-31(25)22(33)10-4-9-21(32)30-14-5-8-20(30)19-11-12-27-23(29-19)17-6-3-7-18(26)16-17/h3,6-7,11-12,16,20H,4-5,8-10,13-15H2,1-2H3,(H,28,34)/t20-/m0/s1. The summed E-state index contributed by atoms with van der Waals surface area (Å²) in [5.41, 5.74) is 0.777. The number of carbonyl (C=O) groups is 3. The van der Waals surface area contributed by atoms with Crippen LogP contribution in [0.3, 0.4) is 0 Å². The highest BCUT2D eigenvalue weighted by molar-refractivity contribution is 6.30. The van der Waals surface area contributed by atoms with E-state index >= 15 is 0 Å². The van der Waals surface area contributed by atoms with E-state index in [4.69, 9.17) is 16.6 Å². The Kier molecular flexibility index (Phi) is 7.16. The minimum atomic E-state index is -0.868. The van der Waals surface area contributed by atoms with Crippen LogP contribution in [0, 0.1) is 0 Å². The first-order valence-electron chi connectivity index (χ1n) is 11.7. The van der Waals surface area contributed by atoms with Gasteiger partial charge in [0.05, 0.1) is 11.7 Å². The van der Waals surface area contributed by atoms with Crippen LogP contribution in [-0.4, -0.2) is 62.7 Å². The fourth-order valence-corrected chi connectivity index (χ4v) is 4.89. The number of hydrogen-bond donors (Lipinski definition) is 1. The zero-order valence-electron chi connectivity index (χ0n) is 19.6. The number of amides is 3. The van der Waals surface area contributed by atoms with E-state index in [2.05, 4.69) is 10.3 Å². The topological polar surface area (TPSA) is 95.5 Å². The molecule has 3 heterocycles. The van der Waals surface area contributed by atoms with Crippen molar-refractivity contribution in [1.82, 2.24) is 25.1 Å². The van der Waals surface area contributed by atoms with Crippen molar-refractivity contribution in [2.75, 3.05) is 19.6 Å². The maximum absolute atomic E-state index is 13.0. The molecule has 0 aliphatic carbocycles. The van der Waals surface area contributed by atoms with E-state index in [1.165, 1.54) is 0 Å². The summed E-state index contributed by atoms with van der Waals surface area (Å²) in [5.74, 6) is 0.365. The first-order valence-corrected chi connectivity index (χ1v) is 12.1. The molecule has 0 spiro atoms. The lowest BCUT2D eigenvalue weighted by molar-refractivity contribution is -0.149. The maximum atomic E-state index is 13.0. The van der Waals surface area contributed by atoms with Gasteiger partial charge in [-0.2, -0.15) is 0 Å². The Morgan fingerprint density at radius 3 is 2.76 bits per heavy atom. The number of nitrogens with zero attached hydrogens (tertiary/aromatic N) is 4. The molecular weight excluding hydrogens is 454 g/mol. The first kappa shape index (κ1) is 24.1. The summed E-state index contributed by atoms with van der Waals surface area (Å²) in [6.45, 7) is 5.12. The SMILES string of the molecule is CC1(C)C(=O)NCCN1C(=O)CCCC(=O)N1CCC[C@H]1c1ccnc(-c2cccc(Cl)c2)n1. The van der Waals surface area contributed by atoms with Crippen molar-refractivity contribution in [3.05, 3.63) is 47.2 Å². The van der Waals surface area contributed by atoms with E-state index in [0.717, 1.165) is 24.1 Å². The Morgan fingerprint density at radius 2 is 1.97 bits per heavy atom. The molecule has 1 N–H and O–H groups in total. The molecule has 1 atom stereocenters. The molecule has 0 radical (unpaired) electrons. The summed E-state index contributed by atoms with van der Waals surface area (Å²) in [5, 5.41) is 3.41. The molecule has 3 amide bonds. The smallest absolute Gasteiger partial charge is 0.245 e. The molecule has 2 aliphatic rings. The van der Waals surface area contributed by atoms with E-state index in [1.54, 1.807) is 31.0 Å². The molecule has 0 bridgehead atoms.